The molecule has 1 heterocycles. The van der Waals surface area contributed by atoms with Gasteiger partial charge in [-0.15, -0.1) is 12.4 Å². The Balaban J connectivity index is 0.00000312. The number of carbonyl (C=O) groups excluding carboxylic acids is 2. The predicted octanol–water partition coefficient (Wildman–Crippen LogP) is 2.63. The first-order valence-corrected chi connectivity index (χ1v) is 8.84. The van der Waals surface area contributed by atoms with Crippen molar-refractivity contribution in [1.82, 2.24) is 16.0 Å². The van der Waals surface area contributed by atoms with Crippen molar-refractivity contribution in [3.63, 3.8) is 0 Å². The molecule has 0 aliphatic carbocycles. The number of hydrogen-bond acceptors (Lipinski definition) is 3. The molecule has 3 unspecified atom stereocenters. The molecule has 25 heavy (non-hydrogen) atoms. The van der Waals surface area contributed by atoms with Gasteiger partial charge in [-0.25, -0.2) is 0 Å². The van der Waals surface area contributed by atoms with E-state index in [0.717, 1.165) is 19.5 Å². The van der Waals surface area contributed by atoms with E-state index in [1.54, 1.807) is 24.3 Å². The highest BCUT2D eigenvalue weighted by molar-refractivity contribution is 6.33. The lowest BCUT2D eigenvalue weighted by molar-refractivity contribution is -0.125. The van der Waals surface area contributed by atoms with Gasteiger partial charge in [-0.2, -0.15) is 0 Å². The SMILES string of the molecule is CC(C)C(NC(=O)c1ccccc1Cl)C(=O)NC1CNCCC1C.Cl. The number of hydrogen-bond donors (Lipinski definition) is 3. The van der Waals surface area contributed by atoms with Gasteiger partial charge in [-0.3, -0.25) is 9.59 Å². The standard InChI is InChI=1S/C18H26ClN3O2.ClH/c1-11(2)16(18(24)21-15-10-20-9-8-12(15)3)22-17(23)13-6-4-5-7-14(13)19;/h4-7,11-12,15-16,20H,8-10H2,1-3H3,(H,21,24)(H,22,23);1H. The van der Waals surface area contributed by atoms with Crippen LogP contribution in [0, 0.1) is 11.8 Å². The van der Waals surface area contributed by atoms with Crippen LogP contribution in [-0.4, -0.2) is 37.0 Å². The molecule has 3 N–H and O–H groups in total. The summed E-state index contributed by atoms with van der Waals surface area (Å²) in [5.41, 5.74) is 0.380. The summed E-state index contributed by atoms with van der Waals surface area (Å²) < 4.78 is 0. The molecule has 2 rings (SSSR count). The molecular formula is C18H27Cl2N3O2. The molecule has 0 aromatic heterocycles. The number of amides is 2. The zero-order valence-corrected chi connectivity index (χ0v) is 16.4. The number of carbonyl (C=O) groups is 2. The van der Waals surface area contributed by atoms with Crippen molar-refractivity contribution in [2.45, 2.75) is 39.3 Å². The van der Waals surface area contributed by atoms with Gasteiger partial charge in [0.15, 0.2) is 0 Å². The van der Waals surface area contributed by atoms with Crippen molar-refractivity contribution in [1.29, 1.82) is 0 Å². The van der Waals surface area contributed by atoms with E-state index in [1.165, 1.54) is 0 Å². The minimum atomic E-state index is -0.595. The van der Waals surface area contributed by atoms with Gasteiger partial charge >= 0.3 is 0 Å². The van der Waals surface area contributed by atoms with Crippen molar-refractivity contribution in [3.8, 4) is 0 Å². The number of nitrogens with one attached hydrogen (secondary N) is 3. The van der Waals surface area contributed by atoms with Gasteiger partial charge < -0.3 is 16.0 Å². The highest BCUT2D eigenvalue weighted by atomic mass is 35.5. The molecule has 0 saturated carbocycles. The van der Waals surface area contributed by atoms with E-state index in [2.05, 4.69) is 22.9 Å². The molecule has 0 radical (unpaired) electrons. The molecule has 5 nitrogen and oxygen atoms in total. The number of rotatable bonds is 5. The topological polar surface area (TPSA) is 70.2 Å². The third kappa shape index (κ3) is 5.87. The van der Waals surface area contributed by atoms with Gasteiger partial charge in [0.25, 0.3) is 5.91 Å². The van der Waals surface area contributed by atoms with Crippen LogP contribution in [0.4, 0.5) is 0 Å². The molecule has 1 aliphatic rings. The Morgan fingerprint density at radius 2 is 1.96 bits per heavy atom. The summed E-state index contributed by atoms with van der Waals surface area (Å²) >= 11 is 6.07. The summed E-state index contributed by atoms with van der Waals surface area (Å²) in [6.45, 7) is 7.71. The van der Waals surface area contributed by atoms with Crippen LogP contribution in [0.15, 0.2) is 24.3 Å². The Morgan fingerprint density at radius 1 is 1.28 bits per heavy atom. The molecule has 1 aliphatic heterocycles. The van der Waals surface area contributed by atoms with Crippen LogP contribution in [0.25, 0.3) is 0 Å². The zero-order chi connectivity index (χ0) is 17.7. The smallest absolute Gasteiger partial charge is 0.253 e. The summed E-state index contributed by atoms with van der Waals surface area (Å²) in [6, 6.07) is 6.33. The first kappa shape index (κ1) is 21.7. The highest BCUT2D eigenvalue weighted by Crippen LogP contribution is 2.16. The third-order valence-electron chi connectivity index (χ3n) is 4.51. The van der Waals surface area contributed by atoms with E-state index in [-0.39, 0.29) is 36.2 Å². The van der Waals surface area contributed by atoms with E-state index in [4.69, 9.17) is 11.6 Å². The second-order valence-corrected chi connectivity index (χ2v) is 7.17. The quantitative estimate of drug-likeness (QED) is 0.726. The lowest BCUT2D eigenvalue weighted by Crippen LogP contribution is -2.57. The molecule has 2 amide bonds. The molecular weight excluding hydrogens is 361 g/mol. The third-order valence-corrected chi connectivity index (χ3v) is 4.84. The normalized spacial score (nSPS) is 21.2. The molecule has 1 aromatic rings. The highest BCUT2D eigenvalue weighted by Gasteiger charge is 2.29. The molecule has 0 bridgehead atoms. The summed E-state index contributed by atoms with van der Waals surface area (Å²) in [5, 5.41) is 9.57. The van der Waals surface area contributed by atoms with E-state index in [1.807, 2.05) is 13.8 Å². The van der Waals surface area contributed by atoms with Crippen molar-refractivity contribution in [3.05, 3.63) is 34.9 Å². The van der Waals surface area contributed by atoms with Crippen molar-refractivity contribution >= 4 is 35.8 Å². The van der Waals surface area contributed by atoms with Gasteiger partial charge in [-0.1, -0.05) is 44.5 Å². The second-order valence-electron chi connectivity index (χ2n) is 6.76. The molecule has 140 valence electrons. The Morgan fingerprint density at radius 3 is 2.56 bits per heavy atom. The maximum absolute atomic E-state index is 12.7. The van der Waals surface area contributed by atoms with Gasteiger partial charge in [0.1, 0.15) is 6.04 Å². The predicted molar refractivity (Wildman–Crippen MR) is 103 cm³/mol. The van der Waals surface area contributed by atoms with Crippen molar-refractivity contribution in [2.24, 2.45) is 11.8 Å². The Bertz CT molecular complexity index is 595. The maximum Gasteiger partial charge on any atom is 0.253 e. The van der Waals surface area contributed by atoms with Crippen molar-refractivity contribution in [2.75, 3.05) is 13.1 Å². The van der Waals surface area contributed by atoms with Crippen LogP contribution in [-0.2, 0) is 4.79 Å². The second kappa shape index (κ2) is 10.00. The number of piperidine rings is 1. The lowest BCUT2D eigenvalue weighted by atomic mass is 9.93. The molecule has 3 atom stereocenters. The first-order chi connectivity index (χ1) is 11.4. The van der Waals surface area contributed by atoms with Crippen LogP contribution in [0.1, 0.15) is 37.6 Å². The molecule has 1 aromatic carbocycles. The summed E-state index contributed by atoms with van der Waals surface area (Å²) in [7, 11) is 0. The Labute approximate surface area is 160 Å². The van der Waals surface area contributed by atoms with Gasteiger partial charge in [-0.05, 0) is 36.9 Å². The fourth-order valence-electron chi connectivity index (χ4n) is 2.85. The Hall–Kier alpha value is -1.30. The number of halogens is 2. The lowest BCUT2D eigenvalue weighted by Gasteiger charge is -2.32. The Kier molecular flexibility index (Phi) is 8.69. The summed E-state index contributed by atoms with van der Waals surface area (Å²) in [5.74, 6) is -0.0826. The van der Waals surface area contributed by atoms with E-state index < -0.39 is 6.04 Å². The van der Waals surface area contributed by atoms with Crippen LogP contribution < -0.4 is 16.0 Å². The average Bonchev–Trinajstić information content (AvgIpc) is 2.54. The molecule has 1 saturated heterocycles. The summed E-state index contributed by atoms with van der Waals surface area (Å²) in [6.07, 6.45) is 1.03. The maximum atomic E-state index is 12.7. The largest absolute Gasteiger partial charge is 0.350 e. The van der Waals surface area contributed by atoms with Crippen LogP contribution >= 0.6 is 24.0 Å². The van der Waals surface area contributed by atoms with Crippen LogP contribution in [0.3, 0.4) is 0 Å². The molecule has 7 heteroatoms. The fourth-order valence-corrected chi connectivity index (χ4v) is 3.08. The van der Waals surface area contributed by atoms with E-state index in [9.17, 15) is 9.59 Å². The minimum Gasteiger partial charge on any atom is -0.350 e. The van der Waals surface area contributed by atoms with E-state index in [0.29, 0.717) is 16.5 Å². The molecule has 1 fully saturated rings. The van der Waals surface area contributed by atoms with Crippen LogP contribution in [0.2, 0.25) is 5.02 Å². The summed E-state index contributed by atoms with van der Waals surface area (Å²) in [4.78, 5) is 25.1. The van der Waals surface area contributed by atoms with E-state index >= 15 is 0 Å². The molecule has 0 spiro atoms. The fraction of sp³-hybridized carbons (Fsp3) is 0.556. The van der Waals surface area contributed by atoms with Crippen molar-refractivity contribution < 1.29 is 9.59 Å². The zero-order valence-electron chi connectivity index (χ0n) is 14.8. The van der Waals surface area contributed by atoms with Gasteiger partial charge in [0.2, 0.25) is 5.91 Å². The van der Waals surface area contributed by atoms with Crippen LogP contribution in [0.5, 0.6) is 0 Å². The van der Waals surface area contributed by atoms with Gasteiger partial charge in [0.05, 0.1) is 10.6 Å². The van der Waals surface area contributed by atoms with Gasteiger partial charge in [0, 0.05) is 12.6 Å². The number of benzene rings is 1. The monoisotopic (exact) mass is 387 g/mol. The average molecular weight is 388 g/mol. The first-order valence-electron chi connectivity index (χ1n) is 8.46. The minimum absolute atomic E-state index is 0.